The zero-order chi connectivity index (χ0) is 22.5. The van der Waals surface area contributed by atoms with Gasteiger partial charge in [-0.2, -0.15) is 0 Å². The molecular weight excluding hydrogens is 396 g/mol. The smallest absolute Gasteiger partial charge is 0.119 e. The van der Waals surface area contributed by atoms with E-state index >= 15 is 0 Å². The quantitative estimate of drug-likeness (QED) is 0.343. The molecule has 0 spiro atoms. The van der Waals surface area contributed by atoms with Gasteiger partial charge in [-0.25, -0.2) is 0 Å². The minimum atomic E-state index is -0.510. The van der Waals surface area contributed by atoms with Gasteiger partial charge in [0.25, 0.3) is 0 Å². The van der Waals surface area contributed by atoms with Gasteiger partial charge in [-0.15, -0.1) is 6.58 Å². The predicted octanol–water partition coefficient (Wildman–Crippen LogP) is 6.08. The van der Waals surface area contributed by atoms with E-state index in [1.54, 1.807) is 7.11 Å². The molecule has 5 rings (SSSR count). The molecule has 4 heterocycles. The Balaban J connectivity index is 1.57. The zero-order valence-electron chi connectivity index (χ0n) is 19.9. The van der Waals surface area contributed by atoms with Crippen LogP contribution >= 0.6 is 0 Å². The Morgan fingerprint density at radius 3 is 2.75 bits per heavy atom. The molecule has 0 radical (unpaired) electrons. The Morgan fingerprint density at radius 2 is 2.03 bits per heavy atom. The minimum Gasteiger partial charge on any atom is -0.497 e. The Labute approximate surface area is 193 Å². The number of aromatic nitrogens is 1. The number of unbranched alkanes of at least 4 members (excludes halogenated alkanes) is 5. The molecule has 1 N–H and O–H groups in total. The minimum absolute atomic E-state index is 0.170. The first-order valence-electron chi connectivity index (χ1n) is 12.7. The number of aryl methyl sites for hydroxylation is 1. The Morgan fingerprint density at radius 1 is 1.22 bits per heavy atom. The summed E-state index contributed by atoms with van der Waals surface area (Å²) in [6.45, 7) is 8.40. The molecule has 0 amide bonds. The van der Waals surface area contributed by atoms with Crippen molar-refractivity contribution < 1.29 is 9.84 Å². The van der Waals surface area contributed by atoms with Crippen LogP contribution in [0.1, 0.15) is 75.7 Å². The molecule has 5 atom stereocenters. The van der Waals surface area contributed by atoms with Crippen LogP contribution in [0, 0.1) is 11.8 Å². The van der Waals surface area contributed by atoms with Gasteiger partial charge in [0.15, 0.2) is 0 Å². The molecule has 3 aliphatic rings. The SMILES string of the molecule is C=C[C@H]1CN2CCC1C[C@H]2[C@H](O)c1cc(CCCCCCCC)nc2ccc(OC)cc12. The number of benzene rings is 1. The van der Waals surface area contributed by atoms with Crippen molar-refractivity contribution in [3.8, 4) is 5.75 Å². The summed E-state index contributed by atoms with van der Waals surface area (Å²) < 4.78 is 5.49. The van der Waals surface area contributed by atoms with Gasteiger partial charge in [-0.1, -0.05) is 45.1 Å². The summed E-state index contributed by atoms with van der Waals surface area (Å²) in [5, 5.41) is 12.7. The first kappa shape index (κ1) is 23.3. The summed E-state index contributed by atoms with van der Waals surface area (Å²) in [5.74, 6) is 2.01. The van der Waals surface area contributed by atoms with E-state index in [1.165, 1.54) is 38.5 Å². The second kappa shape index (κ2) is 10.8. The Kier molecular flexibility index (Phi) is 7.85. The Hall–Kier alpha value is -1.91. The Bertz CT molecular complexity index is 912. The van der Waals surface area contributed by atoms with Gasteiger partial charge in [0.1, 0.15) is 5.75 Å². The molecule has 2 bridgehead atoms. The van der Waals surface area contributed by atoms with E-state index in [0.717, 1.165) is 60.3 Å². The fraction of sp³-hybridized carbons (Fsp3) is 0.607. The summed E-state index contributed by atoms with van der Waals surface area (Å²) in [6, 6.07) is 8.39. The number of hydrogen-bond donors (Lipinski definition) is 1. The lowest BCUT2D eigenvalue weighted by atomic mass is 9.73. The largest absolute Gasteiger partial charge is 0.497 e. The molecule has 3 aliphatic heterocycles. The highest BCUT2D eigenvalue weighted by atomic mass is 16.5. The summed E-state index contributed by atoms with van der Waals surface area (Å²) in [5.41, 5.74) is 3.08. The maximum Gasteiger partial charge on any atom is 0.119 e. The number of hydrogen-bond acceptors (Lipinski definition) is 4. The van der Waals surface area contributed by atoms with Crippen molar-refractivity contribution in [1.82, 2.24) is 9.88 Å². The predicted molar refractivity (Wildman–Crippen MR) is 132 cm³/mol. The number of fused-ring (bicyclic) bond motifs is 4. The van der Waals surface area contributed by atoms with Crippen LogP contribution in [0.15, 0.2) is 36.9 Å². The van der Waals surface area contributed by atoms with Gasteiger partial charge in [-0.05, 0) is 73.9 Å². The highest BCUT2D eigenvalue weighted by molar-refractivity contribution is 5.84. The number of aliphatic hydroxyl groups excluding tert-OH is 1. The highest BCUT2D eigenvalue weighted by Crippen LogP contribution is 2.42. The summed E-state index contributed by atoms with van der Waals surface area (Å²) in [6.07, 6.45) is 12.5. The van der Waals surface area contributed by atoms with Gasteiger partial charge in [0.2, 0.25) is 0 Å². The average molecular weight is 437 g/mol. The van der Waals surface area contributed by atoms with Crippen LogP contribution in [-0.2, 0) is 6.42 Å². The fourth-order valence-corrected chi connectivity index (χ4v) is 5.79. The first-order valence-corrected chi connectivity index (χ1v) is 12.7. The van der Waals surface area contributed by atoms with E-state index in [1.807, 2.05) is 18.2 Å². The van der Waals surface area contributed by atoms with E-state index in [9.17, 15) is 5.11 Å². The number of methoxy groups -OCH3 is 1. The van der Waals surface area contributed by atoms with E-state index in [2.05, 4.69) is 30.5 Å². The molecule has 1 aromatic carbocycles. The molecule has 174 valence electrons. The van der Waals surface area contributed by atoms with Crippen LogP contribution in [-0.4, -0.2) is 41.2 Å². The standard InChI is InChI=1S/C28H40N2O2/c1-4-6-7-8-9-10-11-22-17-25(24-18-23(32-3)12-13-26(24)29-22)28(31)27-16-21-14-15-30(27)19-20(21)5-2/h5,12-13,17-18,20-21,27-28,31H,2,4,6-11,14-16,19H2,1,3H3/t20-,21?,27-,28+/m0/s1. The van der Waals surface area contributed by atoms with Crippen LogP contribution in [0.4, 0.5) is 0 Å². The summed E-state index contributed by atoms with van der Waals surface area (Å²) in [7, 11) is 1.69. The van der Waals surface area contributed by atoms with Crippen molar-refractivity contribution in [1.29, 1.82) is 0 Å². The van der Waals surface area contributed by atoms with Crippen molar-refractivity contribution in [3.63, 3.8) is 0 Å². The van der Waals surface area contributed by atoms with E-state index in [-0.39, 0.29) is 6.04 Å². The van der Waals surface area contributed by atoms with E-state index in [0.29, 0.717) is 11.8 Å². The van der Waals surface area contributed by atoms with E-state index < -0.39 is 6.10 Å². The zero-order valence-corrected chi connectivity index (χ0v) is 19.9. The highest BCUT2D eigenvalue weighted by Gasteiger charge is 2.42. The van der Waals surface area contributed by atoms with Crippen LogP contribution in [0.25, 0.3) is 10.9 Å². The van der Waals surface area contributed by atoms with Crippen LogP contribution in [0.5, 0.6) is 5.75 Å². The maximum absolute atomic E-state index is 11.6. The number of nitrogens with zero attached hydrogens (tertiary/aromatic N) is 2. The van der Waals surface area contributed by atoms with Crippen LogP contribution in [0.3, 0.4) is 0 Å². The number of piperidine rings is 3. The van der Waals surface area contributed by atoms with Gasteiger partial charge < -0.3 is 9.84 Å². The molecule has 1 aromatic heterocycles. The van der Waals surface area contributed by atoms with Gasteiger partial charge in [-0.3, -0.25) is 9.88 Å². The van der Waals surface area contributed by atoms with Gasteiger partial charge >= 0.3 is 0 Å². The lowest BCUT2D eigenvalue weighted by Gasteiger charge is -2.50. The molecule has 32 heavy (non-hydrogen) atoms. The summed E-state index contributed by atoms with van der Waals surface area (Å²) >= 11 is 0. The average Bonchev–Trinajstić information content (AvgIpc) is 2.85. The number of ether oxygens (including phenoxy) is 1. The van der Waals surface area contributed by atoms with Crippen molar-refractivity contribution in [3.05, 3.63) is 48.2 Å². The fourth-order valence-electron chi connectivity index (χ4n) is 5.79. The molecule has 3 saturated heterocycles. The molecule has 2 aromatic rings. The second-order valence-corrected chi connectivity index (χ2v) is 9.79. The number of rotatable bonds is 11. The molecular formula is C28H40N2O2. The summed E-state index contributed by atoms with van der Waals surface area (Å²) in [4.78, 5) is 7.44. The number of pyridine rings is 1. The third-order valence-electron chi connectivity index (χ3n) is 7.72. The van der Waals surface area contributed by atoms with Crippen molar-refractivity contribution in [2.24, 2.45) is 11.8 Å². The molecule has 0 saturated carbocycles. The molecule has 0 aliphatic carbocycles. The second-order valence-electron chi connectivity index (χ2n) is 9.79. The lowest BCUT2D eigenvalue weighted by Crippen LogP contribution is -2.54. The molecule has 3 fully saturated rings. The molecule has 2 unspecified atom stereocenters. The van der Waals surface area contributed by atoms with Crippen LogP contribution < -0.4 is 4.74 Å². The first-order chi connectivity index (χ1) is 15.6. The maximum atomic E-state index is 11.6. The third kappa shape index (κ3) is 5.02. The molecule has 4 nitrogen and oxygen atoms in total. The topological polar surface area (TPSA) is 45.6 Å². The van der Waals surface area contributed by atoms with Crippen molar-refractivity contribution in [2.75, 3.05) is 20.2 Å². The van der Waals surface area contributed by atoms with Crippen molar-refractivity contribution in [2.45, 2.75) is 76.9 Å². The van der Waals surface area contributed by atoms with Gasteiger partial charge in [0, 0.05) is 23.7 Å². The van der Waals surface area contributed by atoms with Crippen molar-refractivity contribution >= 4 is 10.9 Å². The normalized spacial score (nSPS) is 25.7. The lowest BCUT2D eigenvalue weighted by molar-refractivity contribution is -0.0445. The van der Waals surface area contributed by atoms with Crippen LogP contribution in [0.2, 0.25) is 0 Å². The number of aliphatic hydroxyl groups is 1. The third-order valence-corrected chi connectivity index (χ3v) is 7.72. The van der Waals surface area contributed by atoms with E-state index in [4.69, 9.17) is 9.72 Å². The monoisotopic (exact) mass is 436 g/mol. The molecule has 4 heteroatoms. The van der Waals surface area contributed by atoms with Gasteiger partial charge in [0.05, 0.1) is 18.7 Å².